The van der Waals surface area contributed by atoms with Gasteiger partial charge in [-0.25, -0.2) is 9.59 Å². The highest BCUT2D eigenvalue weighted by Gasteiger charge is 2.50. The molecule has 0 radical (unpaired) electrons. The smallest absolute Gasteiger partial charge is 0.338 e. The summed E-state index contributed by atoms with van der Waals surface area (Å²) in [6.45, 7) is 7.37. The number of hydrogen-bond acceptors (Lipinski definition) is 7. The van der Waals surface area contributed by atoms with Crippen LogP contribution >= 0.6 is 0 Å². The monoisotopic (exact) mass is 440 g/mol. The van der Waals surface area contributed by atoms with Crippen molar-refractivity contribution in [1.82, 2.24) is 9.80 Å². The summed E-state index contributed by atoms with van der Waals surface area (Å²) in [5.41, 5.74) is 3.86. The Morgan fingerprint density at radius 3 is 2.59 bits per heavy atom. The summed E-state index contributed by atoms with van der Waals surface area (Å²) < 4.78 is 16.3. The predicted molar refractivity (Wildman–Crippen MR) is 114 cm³/mol. The summed E-state index contributed by atoms with van der Waals surface area (Å²) in [5.74, 6) is -0.687. The Balaban J connectivity index is 1.22. The number of rotatable bonds is 4. The normalized spacial score (nSPS) is 25.1. The Labute approximate surface area is 187 Å². The summed E-state index contributed by atoms with van der Waals surface area (Å²) in [5, 5.41) is 0. The van der Waals surface area contributed by atoms with E-state index in [4.69, 9.17) is 14.2 Å². The molecule has 4 aliphatic rings. The van der Waals surface area contributed by atoms with Crippen LogP contribution in [0.3, 0.4) is 0 Å². The second-order valence-electron chi connectivity index (χ2n) is 9.12. The van der Waals surface area contributed by atoms with Crippen molar-refractivity contribution in [3.05, 3.63) is 46.2 Å². The second-order valence-corrected chi connectivity index (χ2v) is 9.12. The molecule has 4 aliphatic heterocycles. The van der Waals surface area contributed by atoms with Crippen molar-refractivity contribution < 1.29 is 28.6 Å². The minimum Gasteiger partial charge on any atom is -0.457 e. The van der Waals surface area contributed by atoms with E-state index in [0.29, 0.717) is 37.3 Å². The van der Waals surface area contributed by atoms with E-state index in [9.17, 15) is 14.4 Å². The third kappa shape index (κ3) is 3.51. The lowest BCUT2D eigenvalue weighted by Gasteiger charge is -2.48. The molecule has 1 amide bonds. The Hall–Kier alpha value is -2.71. The van der Waals surface area contributed by atoms with Crippen molar-refractivity contribution in [2.75, 3.05) is 32.8 Å². The number of hydrogen-bond donors (Lipinski definition) is 0. The number of nitrogens with zero attached hydrogens (tertiary/aromatic N) is 2. The standard InChI is InChI=1S/C24H28N2O6/c1-15-12-32-24(23(29)26(15)18-11-21(27)30-13-18)6-9-25(10-7-24)8-5-17-3-4-19-20(16(17)2)14-31-22(19)28/h3-4,11,15H,5-10,12-14H2,1-2H3. The highest BCUT2D eigenvalue weighted by atomic mass is 16.5. The Morgan fingerprint density at radius 1 is 1.09 bits per heavy atom. The van der Waals surface area contributed by atoms with E-state index >= 15 is 0 Å². The van der Waals surface area contributed by atoms with E-state index in [-0.39, 0.29) is 24.5 Å². The van der Waals surface area contributed by atoms with Gasteiger partial charge in [0.25, 0.3) is 5.91 Å². The number of piperidine rings is 1. The summed E-state index contributed by atoms with van der Waals surface area (Å²) >= 11 is 0. The van der Waals surface area contributed by atoms with Crippen LogP contribution < -0.4 is 0 Å². The van der Waals surface area contributed by atoms with Crippen LogP contribution in [0.2, 0.25) is 0 Å². The maximum absolute atomic E-state index is 13.4. The lowest BCUT2D eigenvalue weighted by molar-refractivity contribution is -0.183. The first-order valence-corrected chi connectivity index (χ1v) is 11.2. The number of likely N-dealkylation sites (tertiary alicyclic amines) is 1. The van der Waals surface area contributed by atoms with Crippen molar-refractivity contribution in [1.29, 1.82) is 0 Å². The van der Waals surface area contributed by atoms with Crippen LogP contribution in [-0.4, -0.2) is 72.1 Å². The fraction of sp³-hybridized carbons (Fsp3) is 0.542. The third-order valence-corrected chi connectivity index (χ3v) is 7.25. The van der Waals surface area contributed by atoms with Crippen LogP contribution in [0.5, 0.6) is 0 Å². The number of esters is 2. The maximum Gasteiger partial charge on any atom is 0.338 e. The molecule has 1 unspecified atom stereocenters. The lowest BCUT2D eigenvalue weighted by atomic mass is 9.87. The van der Waals surface area contributed by atoms with Crippen LogP contribution in [0, 0.1) is 6.92 Å². The van der Waals surface area contributed by atoms with Crippen molar-refractivity contribution in [2.45, 2.75) is 51.4 Å². The zero-order valence-corrected chi connectivity index (χ0v) is 18.5. The van der Waals surface area contributed by atoms with Gasteiger partial charge >= 0.3 is 11.9 Å². The minimum absolute atomic E-state index is 0.0559. The van der Waals surface area contributed by atoms with E-state index in [2.05, 4.69) is 11.8 Å². The van der Waals surface area contributed by atoms with Crippen LogP contribution in [0.4, 0.5) is 0 Å². The fourth-order valence-electron chi connectivity index (χ4n) is 5.20. The number of amides is 1. The number of morpholine rings is 1. The van der Waals surface area contributed by atoms with Gasteiger partial charge in [0, 0.05) is 31.3 Å². The molecule has 32 heavy (non-hydrogen) atoms. The molecule has 0 aliphatic carbocycles. The summed E-state index contributed by atoms with van der Waals surface area (Å²) in [4.78, 5) is 40.7. The SMILES string of the molecule is Cc1c(CCN2CCC3(CC2)OCC(C)N(C2=CC(=O)OC2)C3=O)ccc2c1COC2=O. The van der Waals surface area contributed by atoms with Gasteiger partial charge < -0.3 is 24.0 Å². The maximum atomic E-state index is 13.4. The molecule has 4 heterocycles. The molecule has 1 aromatic rings. The zero-order valence-electron chi connectivity index (χ0n) is 18.5. The summed E-state index contributed by atoms with van der Waals surface area (Å²) in [6, 6.07) is 3.78. The fourth-order valence-corrected chi connectivity index (χ4v) is 5.20. The second kappa shape index (κ2) is 8.01. The van der Waals surface area contributed by atoms with Gasteiger partial charge in [0.2, 0.25) is 0 Å². The molecule has 0 aromatic heterocycles. The molecule has 0 saturated carbocycles. The molecule has 5 rings (SSSR count). The molecule has 1 aromatic carbocycles. The number of ether oxygens (including phenoxy) is 3. The average molecular weight is 440 g/mol. The Morgan fingerprint density at radius 2 is 1.88 bits per heavy atom. The van der Waals surface area contributed by atoms with Crippen LogP contribution in [0.15, 0.2) is 23.9 Å². The number of carbonyl (C=O) groups is 3. The summed E-state index contributed by atoms with van der Waals surface area (Å²) in [6.07, 6.45) is 3.55. The molecule has 170 valence electrons. The topological polar surface area (TPSA) is 85.4 Å². The molecule has 0 bridgehead atoms. The van der Waals surface area contributed by atoms with E-state index in [0.717, 1.165) is 37.2 Å². The number of carbonyl (C=O) groups excluding carboxylic acids is 3. The van der Waals surface area contributed by atoms with Gasteiger partial charge in [0.15, 0.2) is 0 Å². The van der Waals surface area contributed by atoms with E-state index in [1.165, 1.54) is 11.6 Å². The zero-order chi connectivity index (χ0) is 22.5. The van der Waals surface area contributed by atoms with Crippen molar-refractivity contribution in [3.63, 3.8) is 0 Å². The number of benzene rings is 1. The highest BCUT2D eigenvalue weighted by molar-refractivity contribution is 5.94. The average Bonchev–Trinajstić information content (AvgIpc) is 3.38. The summed E-state index contributed by atoms with van der Waals surface area (Å²) in [7, 11) is 0. The van der Waals surface area contributed by atoms with Gasteiger partial charge in [0.1, 0.15) is 18.8 Å². The number of cyclic esters (lactones) is 2. The minimum atomic E-state index is -0.823. The molecular formula is C24H28N2O6. The largest absolute Gasteiger partial charge is 0.457 e. The van der Waals surface area contributed by atoms with Crippen LogP contribution in [0.1, 0.15) is 46.8 Å². The lowest BCUT2D eigenvalue weighted by Crippen LogP contribution is -2.63. The Bertz CT molecular complexity index is 1010. The Kier molecular flexibility index (Phi) is 5.29. The molecule has 2 saturated heterocycles. The highest BCUT2D eigenvalue weighted by Crippen LogP contribution is 2.35. The van der Waals surface area contributed by atoms with Gasteiger partial charge in [-0.05, 0) is 50.3 Å². The third-order valence-electron chi connectivity index (χ3n) is 7.25. The molecule has 1 spiro atoms. The molecule has 1 atom stereocenters. The molecule has 2 fully saturated rings. The number of fused-ring (bicyclic) bond motifs is 1. The van der Waals surface area contributed by atoms with E-state index in [1.54, 1.807) is 4.90 Å². The van der Waals surface area contributed by atoms with Crippen molar-refractivity contribution >= 4 is 17.8 Å². The van der Waals surface area contributed by atoms with Gasteiger partial charge in [-0.1, -0.05) is 6.07 Å². The molecule has 8 heteroatoms. The molecule has 8 nitrogen and oxygen atoms in total. The van der Waals surface area contributed by atoms with Crippen LogP contribution in [0.25, 0.3) is 0 Å². The van der Waals surface area contributed by atoms with Crippen LogP contribution in [-0.2, 0) is 36.8 Å². The van der Waals surface area contributed by atoms with Gasteiger partial charge in [-0.3, -0.25) is 4.79 Å². The van der Waals surface area contributed by atoms with Gasteiger partial charge in [0.05, 0.1) is 23.9 Å². The predicted octanol–water partition coefficient (Wildman–Crippen LogP) is 1.73. The first kappa shape index (κ1) is 21.2. The van der Waals surface area contributed by atoms with E-state index < -0.39 is 11.6 Å². The van der Waals surface area contributed by atoms with Crippen molar-refractivity contribution in [3.8, 4) is 0 Å². The van der Waals surface area contributed by atoms with Gasteiger partial charge in [-0.15, -0.1) is 0 Å². The quantitative estimate of drug-likeness (QED) is 0.659. The van der Waals surface area contributed by atoms with Gasteiger partial charge in [-0.2, -0.15) is 0 Å². The molecular weight excluding hydrogens is 412 g/mol. The first-order chi connectivity index (χ1) is 15.4. The first-order valence-electron chi connectivity index (χ1n) is 11.2. The van der Waals surface area contributed by atoms with E-state index in [1.807, 2.05) is 19.1 Å². The van der Waals surface area contributed by atoms with Crippen molar-refractivity contribution in [2.24, 2.45) is 0 Å². The molecule has 0 N–H and O–H groups in total.